The molecule has 0 saturated carbocycles. The fraction of sp³-hybridized carbons (Fsp3) is 0.280. The Morgan fingerprint density at radius 3 is 2.56 bits per heavy atom. The Hall–Kier alpha value is -3.82. The van der Waals surface area contributed by atoms with Gasteiger partial charge in [0, 0.05) is 19.1 Å². The number of benzene rings is 2. The Morgan fingerprint density at radius 1 is 1.09 bits per heavy atom. The molecule has 0 fully saturated rings. The molecule has 2 aromatic carbocycles. The highest BCUT2D eigenvalue weighted by atomic mass is 16.7. The number of phenols is 2. The molecule has 2 heterocycles. The summed E-state index contributed by atoms with van der Waals surface area (Å²) >= 11 is 0. The molecule has 0 aliphatic carbocycles. The van der Waals surface area contributed by atoms with Gasteiger partial charge in [-0.05, 0) is 36.8 Å². The number of fused-ring (bicyclic) bond motifs is 1. The fourth-order valence-corrected chi connectivity index (χ4v) is 3.57. The van der Waals surface area contributed by atoms with Crippen molar-refractivity contribution in [3.63, 3.8) is 0 Å². The summed E-state index contributed by atoms with van der Waals surface area (Å²) in [5, 5.41) is 19.9. The molecule has 2 N–H and O–H groups in total. The van der Waals surface area contributed by atoms with Crippen LogP contribution in [0.5, 0.6) is 17.2 Å². The van der Waals surface area contributed by atoms with Crippen LogP contribution < -0.4 is 10.2 Å². The molecule has 1 aromatic heterocycles. The summed E-state index contributed by atoms with van der Waals surface area (Å²) in [4.78, 5) is 24.0. The van der Waals surface area contributed by atoms with E-state index < -0.39 is 17.8 Å². The summed E-state index contributed by atoms with van der Waals surface area (Å²) < 4.78 is 27.6. The van der Waals surface area contributed by atoms with Crippen molar-refractivity contribution in [3.8, 4) is 28.4 Å². The van der Waals surface area contributed by atoms with E-state index in [2.05, 4.69) is 0 Å². The Morgan fingerprint density at radius 2 is 1.85 bits per heavy atom. The highest BCUT2D eigenvalue weighted by molar-refractivity contribution is 5.88. The number of hydrogen-bond acceptors (Lipinski definition) is 9. The number of carbonyl (C=O) groups is 1. The molecule has 9 nitrogen and oxygen atoms in total. The first-order chi connectivity index (χ1) is 16.3. The van der Waals surface area contributed by atoms with Gasteiger partial charge in [0.15, 0.2) is 6.29 Å². The number of phenolic OH excluding ortho intramolecular Hbond substituents is 2. The maximum Gasteiger partial charge on any atom is 0.303 e. The molecule has 4 rings (SSSR count). The lowest BCUT2D eigenvalue weighted by Crippen LogP contribution is -2.37. The van der Waals surface area contributed by atoms with Crippen molar-refractivity contribution in [2.45, 2.75) is 32.3 Å². The van der Waals surface area contributed by atoms with Gasteiger partial charge in [-0.3, -0.25) is 9.59 Å². The van der Waals surface area contributed by atoms with Crippen LogP contribution in [0.1, 0.15) is 13.8 Å². The number of ether oxygens (including phenoxy) is 4. The van der Waals surface area contributed by atoms with Crippen LogP contribution in [0.4, 0.5) is 0 Å². The quantitative estimate of drug-likeness (QED) is 0.304. The van der Waals surface area contributed by atoms with E-state index in [0.29, 0.717) is 11.3 Å². The second-order valence-electron chi connectivity index (χ2n) is 7.73. The zero-order valence-electron chi connectivity index (χ0n) is 18.6. The number of esters is 1. The zero-order valence-corrected chi connectivity index (χ0v) is 18.6. The average molecular weight is 468 g/mol. The maximum absolute atomic E-state index is 12.9. The van der Waals surface area contributed by atoms with E-state index in [1.165, 1.54) is 37.5 Å². The predicted molar refractivity (Wildman–Crippen MR) is 122 cm³/mol. The van der Waals surface area contributed by atoms with Crippen LogP contribution in [0.15, 0.2) is 64.0 Å². The predicted octanol–water partition coefficient (Wildman–Crippen LogP) is 3.50. The van der Waals surface area contributed by atoms with Crippen LogP contribution in [0.25, 0.3) is 22.1 Å². The van der Waals surface area contributed by atoms with E-state index in [4.69, 9.17) is 23.4 Å². The van der Waals surface area contributed by atoms with E-state index in [9.17, 15) is 19.8 Å². The summed E-state index contributed by atoms with van der Waals surface area (Å²) in [7, 11) is 0. The molecule has 0 unspecified atom stereocenters. The summed E-state index contributed by atoms with van der Waals surface area (Å²) in [5.41, 5.74) is 0.586. The minimum atomic E-state index is -0.605. The van der Waals surface area contributed by atoms with Crippen LogP contribution in [0.3, 0.4) is 0 Å². The third kappa shape index (κ3) is 5.22. The Kier molecular flexibility index (Phi) is 6.85. The molecule has 178 valence electrons. The van der Waals surface area contributed by atoms with Crippen LogP contribution >= 0.6 is 0 Å². The summed E-state index contributed by atoms with van der Waals surface area (Å²) in [6, 6.07) is 8.95. The van der Waals surface area contributed by atoms with Gasteiger partial charge in [0.25, 0.3) is 0 Å². The molecule has 0 amide bonds. The van der Waals surface area contributed by atoms with Crippen LogP contribution in [-0.4, -0.2) is 47.9 Å². The smallest absolute Gasteiger partial charge is 0.303 e. The summed E-state index contributed by atoms with van der Waals surface area (Å²) in [6.07, 6.45) is 3.27. The lowest BCUT2D eigenvalue weighted by atomic mass is 10.0. The highest BCUT2D eigenvalue weighted by Gasteiger charge is 2.26. The van der Waals surface area contributed by atoms with Crippen LogP contribution in [0, 0.1) is 0 Å². The number of hydrogen-bond donors (Lipinski definition) is 2. The average Bonchev–Trinajstić information content (AvgIpc) is 2.79. The molecule has 0 spiro atoms. The molecule has 3 aromatic rings. The van der Waals surface area contributed by atoms with Gasteiger partial charge in [0.2, 0.25) is 5.43 Å². The number of carbonyl (C=O) groups excluding carboxylic acids is 1. The molecule has 0 bridgehead atoms. The molecule has 3 atom stereocenters. The van der Waals surface area contributed by atoms with Crippen LogP contribution in [0.2, 0.25) is 0 Å². The van der Waals surface area contributed by atoms with E-state index in [0.717, 1.165) is 0 Å². The Bertz CT molecular complexity index is 1260. The van der Waals surface area contributed by atoms with Gasteiger partial charge in [-0.15, -0.1) is 0 Å². The largest absolute Gasteiger partial charge is 0.508 e. The SMILES string of the molecule is CC(=O)O[C@@H]1C=C[C@H](OCCOc2cc(O)c3c(=O)c(-c4ccc(O)cc4)coc3c2)O[C@H]1C. The van der Waals surface area contributed by atoms with Crippen LogP contribution in [-0.2, 0) is 19.0 Å². The second-order valence-corrected chi connectivity index (χ2v) is 7.73. The van der Waals surface area contributed by atoms with Gasteiger partial charge in [0.1, 0.15) is 47.2 Å². The van der Waals surface area contributed by atoms with Gasteiger partial charge < -0.3 is 33.6 Å². The lowest BCUT2D eigenvalue weighted by molar-refractivity contribution is -0.182. The van der Waals surface area contributed by atoms with Crippen molar-refractivity contribution < 1.29 is 38.4 Å². The first kappa shape index (κ1) is 23.3. The first-order valence-corrected chi connectivity index (χ1v) is 10.6. The molecular weight excluding hydrogens is 444 g/mol. The van der Waals surface area contributed by atoms with E-state index in [-0.39, 0.29) is 53.3 Å². The Labute approximate surface area is 194 Å². The van der Waals surface area contributed by atoms with Gasteiger partial charge in [-0.25, -0.2) is 0 Å². The van der Waals surface area contributed by atoms with Crippen molar-refractivity contribution in [2.24, 2.45) is 0 Å². The maximum atomic E-state index is 12.9. The van der Waals surface area contributed by atoms with Gasteiger partial charge in [-0.2, -0.15) is 0 Å². The molecule has 1 aliphatic heterocycles. The van der Waals surface area contributed by atoms with Crippen molar-refractivity contribution in [3.05, 3.63) is 65.0 Å². The minimum absolute atomic E-state index is 0.0336. The number of aromatic hydroxyl groups is 2. The number of rotatable bonds is 7. The summed E-state index contributed by atoms with van der Waals surface area (Å²) in [6.45, 7) is 3.45. The Balaban J connectivity index is 1.39. The van der Waals surface area contributed by atoms with Crippen molar-refractivity contribution in [2.75, 3.05) is 13.2 Å². The van der Waals surface area contributed by atoms with Crippen molar-refractivity contribution >= 4 is 16.9 Å². The van der Waals surface area contributed by atoms with E-state index in [1.54, 1.807) is 31.2 Å². The topological polar surface area (TPSA) is 125 Å². The van der Waals surface area contributed by atoms with Crippen molar-refractivity contribution in [1.29, 1.82) is 0 Å². The molecular formula is C25H24O9. The van der Waals surface area contributed by atoms with E-state index >= 15 is 0 Å². The monoisotopic (exact) mass is 468 g/mol. The molecule has 1 aliphatic rings. The van der Waals surface area contributed by atoms with Crippen molar-refractivity contribution in [1.82, 2.24) is 0 Å². The van der Waals surface area contributed by atoms with Gasteiger partial charge >= 0.3 is 5.97 Å². The fourth-order valence-electron chi connectivity index (χ4n) is 3.57. The third-order valence-corrected chi connectivity index (χ3v) is 5.21. The minimum Gasteiger partial charge on any atom is -0.508 e. The molecule has 9 heteroatoms. The third-order valence-electron chi connectivity index (χ3n) is 5.21. The lowest BCUT2D eigenvalue weighted by Gasteiger charge is -2.29. The van der Waals surface area contributed by atoms with E-state index in [1.807, 2.05) is 0 Å². The molecule has 0 radical (unpaired) electrons. The van der Waals surface area contributed by atoms with Gasteiger partial charge in [0.05, 0.1) is 18.3 Å². The standard InChI is InChI=1S/C25H24O9/c1-14-21(34-15(2)26)7-8-23(33-14)31-10-9-30-18-11-20(28)24-22(12-18)32-13-19(25(24)29)16-3-5-17(27)6-4-16/h3-8,11-14,21,23,27-28H,9-10H2,1-2H3/t14-,21+,23+/m0/s1. The highest BCUT2D eigenvalue weighted by Crippen LogP contribution is 2.30. The first-order valence-electron chi connectivity index (χ1n) is 10.6. The molecule has 0 saturated heterocycles. The second kappa shape index (κ2) is 9.98. The van der Waals surface area contributed by atoms with Gasteiger partial charge in [-0.1, -0.05) is 12.1 Å². The zero-order chi connectivity index (χ0) is 24.2. The normalized spacial score (nSPS) is 19.8. The summed E-state index contributed by atoms with van der Waals surface area (Å²) in [5.74, 6) is -0.276. The molecule has 34 heavy (non-hydrogen) atoms.